The number of benzene rings is 1. The highest BCUT2D eigenvalue weighted by Gasteiger charge is 2.32. The molecule has 2 N–H and O–H groups in total. The number of hydrogen-bond acceptors (Lipinski definition) is 2. The van der Waals surface area contributed by atoms with E-state index in [9.17, 15) is 17.6 Å². The van der Waals surface area contributed by atoms with Crippen LogP contribution in [0.25, 0.3) is 0 Å². The van der Waals surface area contributed by atoms with Gasteiger partial charge in [0.25, 0.3) is 0 Å². The lowest BCUT2D eigenvalue weighted by atomic mass is 10.00. The Hall–Kier alpha value is -1.14. The van der Waals surface area contributed by atoms with E-state index in [1.54, 1.807) is 7.05 Å². The molecule has 0 saturated heterocycles. The van der Waals surface area contributed by atoms with Crippen LogP contribution in [0.1, 0.15) is 43.9 Å². The second-order valence-electron chi connectivity index (χ2n) is 5.33. The SMILES string of the molecule is CCCC(C)N(C)C(CN)c1cc(F)cc(C(F)(F)F)c1. The molecule has 2 nitrogen and oxygen atoms in total. The van der Waals surface area contributed by atoms with Gasteiger partial charge in [0.2, 0.25) is 0 Å². The van der Waals surface area contributed by atoms with E-state index in [4.69, 9.17) is 5.73 Å². The van der Waals surface area contributed by atoms with Crippen LogP contribution < -0.4 is 5.73 Å². The van der Waals surface area contributed by atoms with Crippen LogP contribution in [0.2, 0.25) is 0 Å². The highest BCUT2D eigenvalue weighted by molar-refractivity contribution is 5.29. The average molecular weight is 306 g/mol. The molecule has 120 valence electrons. The Morgan fingerprint density at radius 3 is 2.33 bits per heavy atom. The zero-order chi connectivity index (χ0) is 16.2. The Kier molecular flexibility index (Phi) is 6.16. The van der Waals surface area contributed by atoms with Crippen molar-refractivity contribution < 1.29 is 17.6 Å². The molecule has 0 fully saturated rings. The van der Waals surface area contributed by atoms with E-state index in [0.29, 0.717) is 6.07 Å². The van der Waals surface area contributed by atoms with Crippen LogP contribution in [-0.4, -0.2) is 24.5 Å². The normalized spacial score (nSPS) is 15.3. The van der Waals surface area contributed by atoms with Crippen LogP contribution in [0.4, 0.5) is 17.6 Å². The van der Waals surface area contributed by atoms with Crippen molar-refractivity contribution >= 4 is 0 Å². The minimum Gasteiger partial charge on any atom is -0.329 e. The lowest BCUT2D eigenvalue weighted by Crippen LogP contribution is -2.37. The molecule has 0 aromatic heterocycles. The maximum absolute atomic E-state index is 13.5. The molecular formula is C15H22F4N2. The summed E-state index contributed by atoms with van der Waals surface area (Å²) < 4.78 is 51.9. The van der Waals surface area contributed by atoms with Gasteiger partial charge in [-0.15, -0.1) is 0 Å². The van der Waals surface area contributed by atoms with Crippen molar-refractivity contribution in [2.45, 2.75) is 44.9 Å². The van der Waals surface area contributed by atoms with Gasteiger partial charge in [-0.25, -0.2) is 4.39 Å². The molecule has 0 aliphatic rings. The summed E-state index contributed by atoms with van der Waals surface area (Å²) in [5.74, 6) is -0.894. The Bertz CT molecular complexity index is 459. The summed E-state index contributed by atoms with van der Waals surface area (Å²) in [6, 6.07) is 2.33. The monoisotopic (exact) mass is 306 g/mol. The second kappa shape index (κ2) is 7.22. The van der Waals surface area contributed by atoms with Gasteiger partial charge in [-0.05, 0) is 44.2 Å². The van der Waals surface area contributed by atoms with Crippen LogP contribution in [0, 0.1) is 5.82 Å². The number of halogens is 4. The third-order valence-electron chi connectivity index (χ3n) is 3.75. The summed E-state index contributed by atoms with van der Waals surface area (Å²) in [7, 11) is 1.80. The molecule has 1 aromatic rings. The zero-order valence-corrected chi connectivity index (χ0v) is 12.5. The Labute approximate surface area is 122 Å². The van der Waals surface area contributed by atoms with Gasteiger partial charge >= 0.3 is 6.18 Å². The summed E-state index contributed by atoms with van der Waals surface area (Å²) in [4.78, 5) is 1.90. The fourth-order valence-electron chi connectivity index (χ4n) is 2.43. The Morgan fingerprint density at radius 1 is 1.24 bits per heavy atom. The van der Waals surface area contributed by atoms with Crippen LogP contribution in [-0.2, 0) is 6.18 Å². The molecule has 0 aliphatic heterocycles. The molecular weight excluding hydrogens is 284 g/mol. The first kappa shape index (κ1) is 17.9. The van der Waals surface area contributed by atoms with E-state index in [1.807, 2.05) is 18.7 Å². The van der Waals surface area contributed by atoms with E-state index in [0.717, 1.165) is 25.0 Å². The number of rotatable bonds is 6. The molecule has 0 spiro atoms. The van der Waals surface area contributed by atoms with E-state index >= 15 is 0 Å². The summed E-state index contributed by atoms with van der Waals surface area (Å²) in [6.07, 6.45) is -2.71. The van der Waals surface area contributed by atoms with Gasteiger partial charge in [-0.3, -0.25) is 4.90 Å². The van der Waals surface area contributed by atoms with E-state index < -0.39 is 23.6 Å². The maximum Gasteiger partial charge on any atom is 0.416 e. The predicted octanol–water partition coefficient (Wildman–Crippen LogP) is 3.96. The van der Waals surface area contributed by atoms with Crippen LogP contribution >= 0.6 is 0 Å². The molecule has 2 unspecified atom stereocenters. The molecule has 2 atom stereocenters. The van der Waals surface area contributed by atoms with Crippen LogP contribution in [0.3, 0.4) is 0 Å². The van der Waals surface area contributed by atoms with Gasteiger partial charge in [-0.1, -0.05) is 13.3 Å². The minimum atomic E-state index is -4.57. The first-order chi connectivity index (χ1) is 9.70. The second-order valence-corrected chi connectivity index (χ2v) is 5.33. The number of alkyl halides is 3. The predicted molar refractivity (Wildman–Crippen MR) is 75.3 cm³/mol. The standard InChI is InChI=1S/C15H22F4N2/c1-4-5-10(2)21(3)14(9-20)11-6-12(15(17,18)19)8-13(16)7-11/h6-8,10,14H,4-5,9,20H2,1-3H3. The smallest absolute Gasteiger partial charge is 0.329 e. The van der Waals surface area contributed by atoms with Crippen molar-refractivity contribution in [2.75, 3.05) is 13.6 Å². The number of nitrogens with two attached hydrogens (primary N) is 1. The first-order valence-corrected chi connectivity index (χ1v) is 7.00. The highest BCUT2D eigenvalue weighted by atomic mass is 19.4. The van der Waals surface area contributed by atoms with Crippen LogP contribution in [0.5, 0.6) is 0 Å². The number of nitrogens with zero attached hydrogens (tertiary/aromatic N) is 1. The summed E-state index contributed by atoms with van der Waals surface area (Å²) in [6.45, 7) is 4.15. The highest BCUT2D eigenvalue weighted by Crippen LogP contribution is 2.33. The van der Waals surface area contributed by atoms with E-state index in [-0.39, 0.29) is 18.2 Å². The molecule has 21 heavy (non-hydrogen) atoms. The molecule has 1 aromatic carbocycles. The van der Waals surface area contributed by atoms with Gasteiger partial charge in [0, 0.05) is 18.6 Å². The topological polar surface area (TPSA) is 29.3 Å². The molecule has 0 bridgehead atoms. The molecule has 0 heterocycles. The zero-order valence-electron chi connectivity index (χ0n) is 12.5. The largest absolute Gasteiger partial charge is 0.416 e. The lowest BCUT2D eigenvalue weighted by molar-refractivity contribution is -0.137. The molecule has 0 amide bonds. The molecule has 0 aliphatic carbocycles. The molecule has 0 saturated carbocycles. The minimum absolute atomic E-state index is 0.130. The number of hydrogen-bond donors (Lipinski definition) is 1. The van der Waals surface area contributed by atoms with Gasteiger partial charge in [0.05, 0.1) is 5.56 Å². The Balaban J connectivity index is 3.14. The Morgan fingerprint density at radius 2 is 1.86 bits per heavy atom. The third-order valence-corrected chi connectivity index (χ3v) is 3.75. The van der Waals surface area contributed by atoms with Gasteiger partial charge in [0.15, 0.2) is 0 Å². The van der Waals surface area contributed by atoms with Crippen molar-refractivity contribution in [1.29, 1.82) is 0 Å². The van der Waals surface area contributed by atoms with Crippen LogP contribution in [0.15, 0.2) is 18.2 Å². The average Bonchev–Trinajstić information content (AvgIpc) is 2.38. The fraction of sp³-hybridized carbons (Fsp3) is 0.600. The van der Waals surface area contributed by atoms with Crippen molar-refractivity contribution in [3.8, 4) is 0 Å². The fourth-order valence-corrected chi connectivity index (χ4v) is 2.43. The molecule has 6 heteroatoms. The first-order valence-electron chi connectivity index (χ1n) is 7.00. The number of likely N-dealkylation sites (N-methyl/N-ethyl adjacent to an activating group) is 1. The van der Waals surface area contributed by atoms with Crippen molar-refractivity contribution in [3.63, 3.8) is 0 Å². The van der Waals surface area contributed by atoms with Crippen molar-refractivity contribution in [1.82, 2.24) is 4.90 Å². The molecule has 1 rings (SSSR count). The summed E-state index contributed by atoms with van der Waals surface area (Å²) >= 11 is 0. The van der Waals surface area contributed by atoms with Crippen molar-refractivity contribution in [2.24, 2.45) is 5.73 Å². The quantitative estimate of drug-likeness (QED) is 0.806. The third kappa shape index (κ3) is 4.68. The maximum atomic E-state index is 13.5. The van der Waals surface area contributed by atoms with Gasteiger partial charge in [-0.2, -0.15) is 13.2 Å². The van der Waals surface area contributed by atoms with E-state index in [1.165, 1.54) is 0 Å². The lowest BCUT2D eigenvalue weighted by Gasteiger charge is -2.33. The summed E-state index contributed by atoms with van der Waals surface area (Å²) in [5, 5.41) is 0. The van der Waals surface area contributed by atoms with Gasteiger partial charge in [0.1, 0.15) is 5.82 Å². The summed E-state index contributed by atoms with van der Waals surface area (Å²) in [5.41, 5.74) is 4.98. The van der Waals surface area contributed by atoms with Crippen molar-refractivity contribution in [3.05, 3.63) is 35.1 Å². The van der Waals surface area contributed by atoms with E-state index in [2.05, 4.69) is 0 Å². The van der Waals surface area contributed by atoms with Gasteiger partial charge < -0.3 is 5.73 Å². The molecule has 0 radical (unpaired) electrons.